The van der Waals surface area contributed by atoms with Gasteiger partial charge in [0, 0.05) is 16.8 Å². The molecule has 2 aromatic heterocycles. The number of primary amides is 1. The smallest absolute Gasteiger partial charge is 0.269 e. The average molecular weight is 358 g/mol. The first-order chi connectivity index (χ1) is 12.1. The molecule has 0 atom stereocenters. The summed E-state index contributed by atoms with van der Waals surface area (Å²) in [5.74, 6) is -0.136. The molecule has 0 fully saturated rings. The van der Waals surface area contributed by atoms with Crippen molar-refractivity contribution in [3.63, 3.8) is 0 Å². The van der Waals surface area contributed by atoms with Crippen LogP contribution in [0.1, 0.15) is 23.1 Å². The highest BCUT2D eigenvalue weighted by molar-refractivity contribution is 6.30. The van der Waals surface area contributed by atoms with Gasteiger partial charge in [0.25, 0.3) is 5.91 Å². The fraction of sp³-hybridized carbons (Fsp3) is 0.176. The molecule has 0 bridgehead atoms. The summed E-state index contributed by atoms with van der Waals surface area (Å²) in [4.78, 5) is 20.1. The molecule has 0 saturated carbocycles. The molecule has 3 rings (SSSR count). The Morgan fingerprint density at radius 3 is 2.88 bits per heavy atom. The van der Waals surface area contributed by atoms with Crippen molar-refractivity contribution >= 4 is 17.5 Å². The van der Waals surface area contributed by atoms with E-state index in [0.29, 0.717) is 35.4 Å². The van der Waals surface area contributed by atoms with Crippen LogP contribution in [0.4, 0.5) is 0 Å². The van der Waals surface area contributed by atoms with Crippen molar-refractivity contribution in [1.29, 1.82) is 0 Å². The molecular weight excluding hydrogens is 342 g/mol. The van der Waals surface area contributed by atoms with Crippen molar-refractivity contribution in [2.24, 2.45) is 5.73 Å². The van der Waals surface area contributed by atoms with Gasteiger partial charge in [0.1, 0.15) is 11.4 Å². The minimum absolute atomic E-state index is 0.203. The molecular formula is C17H16ClN5O2. The Balaban J connectivity index is 1.95. The van der Waals surface area contributed by atoms with E-state index >= 15 is 0 Å². The maximum Gasteiger partial charge on any atom is 0.269 e. The van der Waals surface area contributed by atoms with Crippen molar-refractivity contribution in [3.05, 3.63) is 59.1 Å². The molecule has 0 aliphatic carbocycles. The standard InChI is InChI=1S/C17H16ClN5O2/c1-2-25-17-15(11-4-3-5-12(18)8-11)21-13(9-20-17)10-23-7-6-14(22-23)16(19)24/h3-9H,2,10H2,1H3,(H2,19,24). The Bertz CT molecular complexity index is 910. The van der Waals surface area contributed by atoms with E-state index in [1.54, 1.807) is 35.3 Å². The Morgan fingerprint density at radius 2 is 2.20 bits per heavy atom. The number of ether oxygens (including phenoxy) is 1. The summed E-state index contributed by atoms with van der Waals surface area (Å²) in [6, 6.07) is 8.88. The van der Waals surface area contributed by atoms with E-state index in [2.05, 4.69) is 15.1 Å². The third-order valence-electron chi connectivity index (χ3n) is 3.39. The third-order valence-corrected chi connectivity index (χ3v) is 3.62. The predicted molar refractivity (Wildman–Crippen MR) is 93.5 cm³/mol. The maximum atomic E-state index is 11.1. The first kappa shape index (κ1) is 16.9. The zero-order chi connectivity index (χ0) is 17.8. The van der Waals surface area contributed by atoms with Crippen molar-refractivity contribution in [2.75, 3.05) is 6.61 Å². The van der Waals surface area contributed by atoms with Gasteiger partial charge in [-0.2, -0.15) is 5.10 Å². The van der Waals surface area contributed by atoms with Gasteiger partial charge in [0.15, 0.2) is 0 Å². The van der Waals surface area contributed by atoms with Crippen LogP contribution in [0.5, 0.6) is 5.88 Å². The number of aromatic nitrogens is 4. The van der Waals surface area contributed by atoms with Crippen LogP contribution in [0.25, 0.3) is 11.3 Å². The third kappa shape index (κ3) is 3.95. The highest BCUT2D eigenvalue weighted by Crippen LogP contribution is 2.28. The molecule has 0 aliphatic rings. The largest absolute Gasteiger partial charge is 0.476 e. The Morgan fingerprint density at radius 1 is 1.36 bits per heavy atom. The molecule has 1 aromatic carbocycles. The maximum absolute atomic E-state index is 11.1. The highest BCUT2D eigenvalue weighted by atomic mass is 35.5. The van der Waals surface area contributed by atoms with Crippen LogP contribution in [-0.2, 0) is 6.54 Å². The molecule has 0 unspecified atom stereocenters. The number of halogens is 1. The zero-order valence-corrected chi connectivity index (χ0v) is 14.3. The van der Waals surface area contributed by atoms with Crippen LogP contribution in [-0.4, -0.2) is 32.3 Å². The monoisotopic (exact) mass is 357 g/mol. The lowest BCUT2D eigenvalue weighted by Crippen LogP contribution is -2.13. The second kappa shape index (κ2) is 7.31. The Labute approximate surface area is 149 Å². The topological polar surface area (TPSA) is 95.9 Å². The summed E-state index contributed by atoms with van der Waals surface area (Å²) in [6.45, 7) is 2.70. The number of nitrogens with zero attached hydrogens (tertiary/aromatic N) is 4. The van der Waals surface area contributed by atoms with Gasteiger partial charge in [-0.25, -0.2) is 9.97 Å². The van der Waals surface area contributed by atoms with Crippen molar-refractivity contribution in [1.82, 2.24) is 19.7 Å². The van der Waals surface area contributed by atoms with E-state index in [1.807, 2.05) is 19.1 Å². The van der Waals surface area contributed by atoms with Crippen molar-refractivity contribution in [2.45, 2.75) is 13.5 Å². The Hall–Kier alpha value is -2.93. The molecule has 8 heteroatoms. The molecule has 0 spiro atoms. The number of carbonyl (C=O) groups excluding carboxylic acids is 1. The molecule has 3 aromatic rings. The summed E-state index contributed by atoms with van der Waals surface area (Å²) >= 11 is 6.08. The van der Waals surface area contributed by atoms with Crippen molar-refractivity contribution < 1.29 is 9.53 Å². The quantitative estimate of drug-likeness (QED) is 0.731. The molecule has 2 N–H and O–H groups in total. The van der Waals surface area contributed by atoms with E-state index in [0.717, 1.165) is 5.56 Å². The number of hydrogen-bond acceptors (Lipinski definition) is 5. The number of benzene rings is 1. The SMILES string of the molecule is CCOc1ncc(Cn2ccc(C(N)=O)n2)nc1-c1cccc(Cl)c1. The van der Waals surface area contributed by atoms with Crippen LogP contribution in [0.2, 0.25) is 5.02 Å². The molecule has 2 heterocycles. The molecule has 0 aliphatic heterocycles. The Kier molecular flexibility index (Phi) is 4.95. The normalized spacial score (nSPS) is 10.6. The minimum Gasteiger partial charge on any atom is -0.476 e. The van der Waals surface area contributed by atoms with Crippen LogP contribution in [0.3, 0.4) is 0 Å². The molecule has 1 amide bonds. The van der Waals surface area contributed by atoms with Crippen LogP contribution < -0.4 is 10.5 Å². The van der Waals surface area contributed by atoms with E-state index in [1.165, 1.54) is 0 Å². The van der Waals surface area contributed by atoms with Crippen LogP contribution in [0, 0.1) is 0 Å². The molecule has 0 saturated heterocycles. The van der Waals surface area contributed by atoms with Gasteiger partial charge in [-0.05, 0) is 25.1 Å². The van der Waals surface area contributed by atoms with E-state index in [4.69, 9.17) is 22.1 Å². The fourth-order valence-electron chi connectivity index (χ4n) is 2.30. The lowest BCUT2D eigenvalue weighted by molar-refractivity contribution is 0.0995. The molecule has 25 heavy (non-hydrogen) atoms. The molecule has 0 radical (unpaired) electrons. The van der Waals surface area contributed by atoms with Gasteiger partial charge < -0.3 is 10.5 Å². The van der Waals surface area contributed by atoms with Gasteiger partial charge in [-0.3, -0.25) is 9.48 Å². The first-order valence-electron chi connectivity index (χ1n) is 7.64. The fourth-order valence-corrected chi connectivity index (χ4v) is 2.49. The van der Waals surface area contributed by atoms with Gasteiger partial charge in [-0.15, -0.1) is 0 Å². The van der Waals surface area contributed by atoms with Crippen molar-refractivity contribution in [3.8, 4) is 17.1 Å². The first-order valence-corrected chi connectivity index (χ1v) is 8.02. The second-order valence-corrected chi connectivity index (χ2v) is 5.66. The summed E-state index contributed by atoms with van der Waals surface area (Å²) in [7, 11) is 0. The van der Waals surface area contributed by atoms with E-state index < -0.39 is 5.91 Å². The number of amides is 1. The molecule has 128 valence electrons. The van der Waals surface area contributed by atoms with Gasteiger partial charge in [0.2, 0.25) is 5.88 Å². The number of carbonyl (C=O) groups is 1. The van der Waals surface area contributed by atoms with Gasteiger partial charge in [-0.1, -0.05) is 23.7 Å². The zero-order valence-electron chi connectivity index (χ0n) is 13.5. The minimum atomic E-state index is -0.573. The molecule has 7 nitrogen and oxygen atoms in total. The summed E-state index contributed by atoms with van der Waals surface area (Å²) in [5.41, 5.74) is 7.49. The predicted octanol–water partition coefficient (Wildman–Crippen LogP) is 2.54. The summed E-state index contributed by atoms with van der Waals surface area (Å²) in [5, 5.41) is 4.70. The summed E-state index contributed by atoms with van der Waals surface area (Å²) in [6.07, 6.45) is 3.28. The van der Waals surface area contributed by atoms with Gasteiger partial charge in [0.05, 0.1) is 25.0 Å². The summed E-state index contributed by atoms with van der Waals surface area (Å²) < 4.78 is 7.15. The number of hydrogen-bond donors (Lipinski definition) is 1. The van der Waals surface area contributed by atoms with Crippen LogP contribution >= 0.6 is 11.6 Å². The second-order valence-electron chi connectivity index (χ2n) is 5.22. The van der Waals surface area contributed by atoms with Gasteiger partial charge >= 0.3 is 0 Å². The van der Waals surface area contributed by atoms with Crippen LogP contribution in [0.15, 0.2) is 42.7 Å². The lowest BCUT2D eigenvalue weighted by atomic mass is 10.1. The number of nitrogens with two attached hydrogens (primary N) is 1. The van der Waals surface area contributed by atoms with E-state index in [9.17, 15) is 4.79 Å². The highest BCUT2D eigenvalue weighted by Gasteiger charge is 2.13. The van der Waals surface area contributed by atoms with E-state index in [-0.39, 0.29) is 5.69 Å². The average Bonchev–Trinajstić information content (AvgIpc) is 3.05. The number of rotatable bonds is 6. The lowest BCUT2D eigenvalue weighted by Gasteiger charge is -2.11.